The maximum absolute atomic E-state index is 14.7. The van der Waals surface area contributed by atoms with Gasteiger partial charge in [-0.05, 0) is 12.1 Å². The molecule has 30 heavy (non-hydrogen) atoms. The highest BCUT2D eigenvalue weighted by Crippen LogP contribution is 2.35. The second-order valence-electron chi connectivity index (χ2n) is 6.74. The van der Waals surface area contributed by atoms with Gasteiger partial charge in [0.05, 0.1) is 31.6 Å². The van der Waals surface area contributed by atoms with Crippen molar-refractivity contribution in [2.24, 2.45) is 0 Å². The lowest BCUT2D eigenvalue weighted by atomic mass is 9.92. The SMILES string of the molecule is COc1cc(F)c([C@@H]2CN(CCO)C(O)[C@H]2NC(=O)Nc2ccc(Cl)nc2)c(F)c1. The summed E-state index contributed by atoms with van der Waals surface area (Å²) in [5, 5.41) is 25.2. The molecule has 0 aliphatic carbocycles. The van der Waals surface area contributed by atoms with Gasteiger partial charge in [-0.25, -0.2) is 18.6 Å². The molecule has 1 saturated heterocycles. The number of nitrogens with zero attached hydrogens (tertiary/aromatic N) is 2. The summed E-state index contributed by atoms with van der Waals surface area (Å²) in [5.41, 5.74) is 0.0590. The maximum atomic E-state index is 14.7. The molecule has 8 nitrogen and oxygen atoms in total. The molecule has 2 amide bonds. The number of urea groups is 1. The largest absolute Gasteiger partial charge is 0.497 e. The van der Waals surface area contributed by atoms with Crippen LogP contribution in [-0.4, -0.2) is 65.2 Å². The number of aliphatic hydroxyl groups excluding tert-OH is 2. The summed E-state index contributed by atoms with van der Waals surface area (Å²) in [4.78, 5) is 17.7. The Morgan fingerprint density at radius 1 is 1.37 bits per heavy atom. The smallest absolute Gasteiger partial charge is 0.319 e. The summed E-state index contributed by atoms with van der Waals surface area (Å²) in [6.45, 7) is -0.181. The molecule has 1 aromatic carbocycles. The lowest BCUT2D eigenvalue weighted by Gasteiger charge is -2.25. The number of nitrogens with one attached hydrogen (secondary N) is 2. The minimum absolute atomic E-state index is 0.0111. The number of rotatable bonds is 6. The van der Waals surface area contributed by atoms with Crippen molar-refractivity contribution in [1.82, 2.24) is 15.2 Å². The van der Waals surface area contributed by atoms with E-state index < -0.39 is 35.9 Å². The van der Waals surface area contributed by atoms with Crippen LogP contribution in [0.2, 0.25) is 5.15 Å². The van der Waals surface area contributed by atoms with E-state index in [1.54, 1.807) is 0 Å². The number of aliphatic hydroxyl groups is 2. The van der Waals surface area contributed by atoms with Crippen molar-refractivity contribution in [1.29, 1.82) is 0 Å². The standard InChI is InChI=1S/C19H21ClF2N4O4/c1-30-11-6-13(21)16(14(22)7-11)12-9-26(4-5-27)18(28)17(12)25-19(29)24-10-2-3-15(20)23-8-10/h2-3,6-8,12,17-18,27-28H,4-5,9H2,1H3,(H2,24,25,29)/t12-,17-,18?/m0/s1. The van der Waals surface area contributed by atoms with E-state index in [1.165, 1.54) is 30.3 Å². The van der Waals surface area contributed by atoms with Crippen molar-refractivity contribution >= 4 is 23.3 Å². The number of aromatic nitrogens is 1. The zero-order valence-corrected chi connectivity index (χ0v) is 16.7. The zero-order chi connectivity index (χ0) is 21.8. The van der Waals surface area contributed by atoms with Gasteiger partial charge in [0.2, 0.25) is 0 Å². The molecule has 3 atom stereocenters. The highest BCUT2D eigenvalue weighted by Gasteiger charge is 2.44. The van der Waals surface area contributed by atoms with Crippen LogP contribution < -0.4 is 15.4 Å². The number of halogens is 3. The van der Waals surface area contributed by atoms with Gasteiger partial charge in [-0.3, -0.25) is 4.90 Å². The molecule has 4 N–H and O–H groups in total. The van der Waals surface area contributed by atoms with E-state index in [0.29, 0.717) is 5.69 Å². The quantitative estimate of drug-likeness (QED) is 0.509. The predicted molar refractivity (Wildman–Crippen MR) is 106 cm³/mol. The number of benzene rings is 1. The van der Waals surface area contributed by atoms with Gasteiger partial charge in [-0.2, -0.15) is 0 Å². The molecule has 1 aliphatic heterocycles. The van der Waals surface area contributed by atoms with Gasteiger partial charge < -0.3 is 25.6 Å². The summed E-state index contributed by atoms with van der Waals surface area (Å²) < 4.78 is 34.2. The van der Waals surface area contributed by atoms with E-state index in [9.17, 15) is 23.8 Å². The first kappa shape index (κ1) is 22.2. The second-order valence-corrected chi connectivity index (χ2v) is 7.12. The summed E-state index contributed by atoms with van der Waals surface area (Å²) in [7, 11) is 1.29. The monoisotopic (exact) mass is 442 g/mol. The number of ether oxygens (including phenoxy) is 1. The molecule has 2 heterocycles. The molecule has 0 spiro atoms. The molecule has 1 aliphatic rings. The van der Waals surface area contributed by atoms with E-state index in [4.69, 9.17) is 16.3 Å². The molecule has 11 heteroatoms. The van der Waals surface area contributed by atoms with Crippen LogP contribution in [0.15, 0.2) is 30.5 Å². The van der Waals surface area contributed by atoms with E-state index in [1.807, 2.05) is 0 Å². The number of amides is 2. The zero-order valence-electron chi connectivity index (χ0n) is 16.0. The average molecular weight is 443 g/mol. The number of anilines is 1. The second kappa shape index (κ2) is 9.52. The van der Waals surface area contributed by atoms with Crippen LogP contribution >= 0.6 is 11.6 Å². The van der Waals surface area contributed by atoms with Crippen LogP contribution in [-0.2, 0) is 0 Å². The van der Waals surface area contributed by atoms with Gasteiger partial charge in [-0.15, -0.1) is 0 Å². The topological polar surface area (TPSA) is 107 Å². The fourth-order valence-corrected chi connectivity index (χ4v) is 3.62. The van der Waals surface area contributed by atoms with Crippen molar-refractivity contribution in [3.05, 3.63) is 52.8 Å². The number of β-amino-alcohol motifs (C(OH)–C–C–N with tert-alkyl or cyclic N) is 1. The molecule has 0 saturated carbocycles. The molecule has 3 rings (SSSR count). The number of hydrogen-bond acceptors (Lipinski definition) is 6. The molecule has 162 valence electrons. The Morgan fingerprint density at radius 3 is 2.63 bits per heavy atom. The molecule has 0 radical (unpaired) electrons. The molecule has 1 unspecified atom stereocenters. The fraction of sp³-hybridized carbons (Fsp3) is 0.368. The third-order valence-electron chi connectivity index (χ3n) is 4.89. The first-order chi connectivity index (χ1) is 14.3. The Kier molecular flexibility index (Phi) is 7.03. The first-order valence-electron chi connectivity index (χ1n) is 9.09. The van der Waals surface area contributed by atoms with Crippen LogP contribution in [0.5, 0.6) is 5.75 Å². The van der Waals surface area contributed by atoms with Crippen molar-refractivity contribution in [2.75, 3.05) is 32.1 Å². The van der Waals surface area contributed by atoms with E-state index in [0.717, 1.165) is 12.1 Å². The van der Waals surface area contributed by atoms with Crippen molar-refractivity contribution in [3.8, 4) is 5.75 Å². The number of likely N-dealkylation sites (tertiary alicyclic amines) is 1. The number of carbonyl (C=O) groups excluding carboxylic acids is 1. The van der Waals surface area contributed by atoms with Crippen LogP contribution in [0.3, 0.4) is 0 Å². The summed E-state index contributed by atoms with van der Waals surface area (Å²) >= 11 is 5.71. The number of pyridine rings is 1. The average Bonchev–Trinajstić information content (AvgIpc) is 2.99. The highest BCUT2D eigenvalue weighted by molar-refractivity contribution is 6.29. The molecule has 1 fully saturated rings. The highest BCUT2D eigenvalue weighted by atomic mass is 35.5. The Hall–Kier alpha value is -2.53. The van der Waals surface area contributed by atoms with Crippen LogP contribution in [0, 0.1) is 11.6 Å². The maximum Gasteiger partial charge on any atom is 0.319 e. The minimum atomic E-state index is -1.27. The minimum Gasteiger partial charge on any atom is -0.497 e. The van der Waals surface area contributed by atoms with E-state index >= 15 is 0 Å². The normalized spacial score (nSPS) is 21.5. The molecule has 0 bridgehead atoms. The van der Waals surface area contributed by atoms with Crippen LogP contribution in [0.4, 0.5) is 19.3 Å². The van der Waals surface area contributed by atoms with Crippen molar-refractivity contribution in [3.63, 3.8) is 0 Å². The number of carbonyl (C=O) groups is 1. The van der Waals surface area contributed by atoms with Gasteiger partial charge >= 0.3 is 6.03 Å². The van der Waals surface area contributed by atoms with Gasteiger partial charge in [0.15, 0.2) is 0 Å². The number of methoxy groups -OCH3 is 1. The molecular weight excluding hydrogens is 422 g/mol. The molecule has 1 aromatic heterocycles. The van der Waals surface area contributed by atoms with Crippen molar-refractivity contribution in [2.45, 2.75) is 18.2 Å². The third kappa shape index (κ3) is 4.78. The Bertz CT molecular complexity index is 880. The Balaban J connectivity index is 1.85. The third-order valence-corrected chi connectivity index (χ3v) is 5.11. The summed E-state index contributed by atoms with van der Waals surface area (Å²) in [5.74, 6) is -2.61. The lowest BCUT2D eigenvalue weighted by molar-refractivity contribution is 0.0136. The predicted octanol–water partition coefficient (Wildman–Crippen LogP) is 1.92. The van der Waals surface area contributed by atoms with E-state index in [-0.39, 0.29) is 36.2 Å². The van der Waals surface area contributed by atoms with Gasteiger partial charge in [-0.1, -0.05) is 11.6 Å². The van der Waals surface area contributed by atoms with Crippen LogP contribution in [0.25, 0.3) is 0 Å². The summed E-state index contributed by atoms with van der Waals surface area (Å²) in [6, 6.07) is 3.34. The Labute approximate surface area is 176 Å². The van der Waals surface area contributed by atoms with E-state index in [2.05, 4.69) is 15.6 Å². The Morgan fingerprint density at radius 2 is 2.07 bits per heavy atom. The van der Waals surface area contributed by atoms with Crippen molar-refractivity contribution < 1.29 is 28.5 Å². The number of hydrogen-bond donors (Lipinski definition) is 4. The molecular formula is C19H21ClF2N4O4. The fourth-order valence-electron chi connectivity index (χ4n) is 3.51. The van der Waals surface area contributed by atoms with Gasteiger partial charge in [0.25, 0.3) is 0 Å². The molecule has 2 aromatic rings. The van der Waals surface area contributed by atoms with Gasteiger partial charge in [0.1, 0.15) is 28.8 Å². The summed E-state index contributed by atoms with van der Waals surface area (Å²) in [6.07, 6.45) is 0.0721. The lowest BCUT2D eigenvalue weighted by Crippen LogP contribution is -2.48. The first-order valence-corrected chi connectivity index (χ1v) is 9.46. The van der Waals surface area contributed by atoms with Gasteiger partial charge in [0, 0.05) is 36.7 Å². The van der Waals surface area contributed by atoms with Crippen LogP contribution in [0.1, 0.15) is 11.5 Å².